The van der Waals surface area contributed by atoms with Gasteiger partial charge in [0.15, 0.2) is 0 Å². The lowest BCUT2D eigenvalue weighted by Gasteiger charge is -2.56. The topological polar surface area (TPSA) is 37.3 Å². The van der Waals surface area contributed by atoms with Gasteiger partial charge in [0.25, 0.3) is 0 Å². The second kappa shape index (κ2) is 4.44. The molecule has 0 radical (unpaired) electrons. The molecule has 4 aliphatic rings. The maximum Gasteiger partial charge on any atom is 0.139 e. The fraction of sp³-hybridized carbons (Fsp3) is 0.842. The Morgan fingerprint density at radius 2 is 1.81 bits per heavy atom. The van der Waals surface area contributed by atoms with Crippen molar-refractivity contribution in [3.05, 3.63) is 11.6 Å². The van der Waals surface area contributed by atoms with Gasteiger partial charge < -0.3 is 5.11 Å². The van der Waals surface area contributed by atoms with E-state index in [0.29, 0.717) is 23.0 Å². The molecule has 21 heavy (non-hydrogen) atoms. The van der Waals surface area contributed by atoms with E-state index < -0.39 is 0 Å². The molecule has 1 N–H and O–H groups in total. The Morgan fingerprint density at radius 1 is 1.10 bits per heavy atom. The first kappa shape index (κ1) is 14.0. The van der Waals surface area contributed by atoms with Crippen molar-refractivity contribution in [3.63, 3.8) is 0 Å². The third kappa shape index (κ3) is 1.78. The molecule has 0 aromatic heterocycles. The van der Waals surface area contributed by atoms with Crippen LogP contribution in [0, 0.1) is 28.6 Å². The van der Waals surface area contributed by atoms with E-state index in [2.05, 4.69) is 19.9 Å². The van der Waals surface area contributed by atoms with Crippen molar-refractivity contribution in [1.29, 1.82) is 0 Å². The number of allylic oxidation sites excluding steroid dienone is 1. The van der Waals surface area contributed by atoms with Gasteiger partial charge >= 0.3 is 0 Å². The van der Waals surface area contributed by atoms with Crippen LogP contribution in [0.3, 0.4) is 0 Å². The molecule has 0 aliphatic heterocycles. The van der Waals surface area contributed by atoms with E-state index in [4.69, 9.17) is 0 Å². The summed E-state index contributed by atoms with van der Waals surface area (Å²) in [4.78, 5) is 12.4. The van der Waals surface area contributed by atoms with Crippen molar-refractivity contribution in [2.45, 2.75) is 71.3 Å². The highest BCUT2D eigenvalue weighted by atomic mass is 16.3. The summed E-state index contributed by atoms with van der Waals surface area (Å²) in [5.41, 5.74) is 1.81. The van der Waals surface area contributed by atoms with Gasteiger partial charge in [0.2, 0.25) is 0 Å². The summed E-state index contributed by atoms with van der Waals surface area (Å²) in [6.07, 6.45) is 10.7. The van der Waals surface area contributed by atoms with Crippen molar-refractivity contribution in [2.24, 2.45) is 28.6 Å². The summed E-state index contributed by atoms with van der Waals surface area (Å²) >= 11 is 0. The quantitative estimate of drug-likeness (QED) is 0.687. The van der Waals surface area contributed by atoms with Gasteiger partial charge in [-0.05, 0) is 68.1 Å². The van der Waals surface area contributed by atoms with Crippen molar-refractivity contribution >= 4 is 5.78 Å². The van der Waals surface area contributed by atoms with Crippen LogP contribution in [0.5, 0.6) is 0 Å². The highest BCUT2D eigenvalue weighted by molar-refractivity contribution is 5.87. The monoisotopic (exact) mass is 288 g/mol. The zero-order valence-corrected chi connectivity index (χ0v) is 13.4. The number of aliphatic hydroxyl groups excluding tert-OH is 1. The summed E-state index contributed by atoms with van der Waals surface area (Å²) in [6.45, 7) is 4.69. The Balaban J connectivity index is 1.69. The van der Waals surface area contributed by atoms with Gasteiger partial charge in [0.1, 0.15) is 5.78 Å². The number of ketones is 1. The maximum absolute atomic E-state index is 12.4. The minimum Gasteiger partial charge on any atom is -0.393 e. The van der Waals surface area contributed by atoms with Crippen molar-refractivity contribution in [1.82, 2.24) is 0 Å². The van der Waals surface area contributed by atoms with Crippen LogP contribution in [0.4, 0.5) is 0 Å². The number of carbonyl (C=O) groups excluding carboxylic acids is 1. The molecule has 0 saturated heterocycles. The van der Waals surface area contributed by atoms with Crippen LogP contribution < -0.4 is 0 Å². The van der Waals surface area contributed by atoms with Crippen molar-refractivity contribution in [3.8, 4) is 0 Å². The average molecular weight is 288 g/mol. The molecule has 0 heterocycles. The molecule has 3 saturated carbocycles. The van der Waals surface area contributed by atoms with Gasteiger partial charge in [-0.2, -0.15) is 0 Å². The minimum absolute atomic E-state index is 0.0168. The van der Waals surface area contributed by atoms with Crippen LogP contribution in [0.15, 0.2) is 11.6 Å². The molecule has 2 heteroatoms. The summed E-state index contributed by atoms with van der Waals surface area (Å²) in [7, 11) is 0. The van der Waals surface area contributed by atoms with Crippen LogP contribution in [-0.4, -0.2) is 17.0 Å². The van der Waals surface area contributed by atoms with Gasteiger partial charge in [-0.1, -0.05) is 25.5 Å². The van der Waals surface area contributed by atoms with E-state index in [-0.39, 0.29) is 11.5 Å². The fourth-order valence-corrected chi connectivity index (χ4v) is 6.41. The summed E-state index contributed by atoms with van der Waals surface area (Å²) in [6, 6.07) is 0. The number of Topliss-reactive ketones (excluding diaryl/α,β-unsaturated/α-hetero) is 1. The standard InChI is InChI=1S/C19H28O2/c1-18-9-7-13(20)11-12(18)3-4-14-15-5-6-17(21)19(15,2)10-8-16(14)18/h3,13-16,20H,4-11H2,1-2H3/t13-,14+,15-,16+,18-,19+/m0/s1. The zero-order chi connectivity index (χ0) is 14.8. The van der Waals surface area contributed by atoms with E-state index in [1.54, 1.807) is 0 Å². The second-order valence-corrected chi connectivity index (χ2v) is 8.57. The lowest BCUT2D eigenvalue weighted by Crippen LogP contribution is -2.50. The van der Waals surface area contributed by atoms with Crippen molar-refractivity contribution in [2.75, 3.05) is 0 Å². The molecular formula is C19H28O2. The molecule has 0 aromatic rings. The largest absolute Gasteiger partial charge is 0.393 e. The first-order valence-corrected chi connectivity index (χ1v) is 8.86. The molecule has 4 rings (SSSR count). The van der Waals surface area contributed by atoms with E-state index in [1.165, 1.54) is 12.0 Å². The van der Waals surface area contributed by atoms with Gasteiger partial charge in [-0.15, -0.1) is 0 Å². The molecule has 6 atom stereocenters. The molecule has 116 valence electrons. The molecule has 4 aliphatic carbocycles. The van der Waals surface area contributed by atoms with E-state index in [1.807, 2.05) is 0 Å². The Kier molecular flexibility index (Phi) is 2.96. The SMILES string of the molecule is C[C@]12CC[C@H](O)CC1=CC[C@H]1[C@H]2CC[C@@]2(C)C(=O)CC[C@@H]12. The minimum atomic E-state index is -0.122. The maximum atomic E-state index is 12.4. The smallest absolute Gasteiger partial charge is 0.139 e. The number of fused-ring (bicyclic) bond motifs is 5. The molecule has 0 aromatic carbocycles. The Bertz CT molecular complexity index is 508. The van der Waals surface area contributed by atoms with Crippen LogP contribution in [0.25, 0.3) is 0 Å². The lowest BCUT2D eigenvalue weighted by atomic mass is 9.48. The average Bonchev–Trinajstić information content (AvgIpc) is 2.76. The molecule has 0 spiro atoms. The predicted molar refractivity (Wildman–Crippen MR) is 82.7 cm³/mol. The number of aliphatic hydroxyl groups is 1. The number of hydrogen-bond acceptors (Lipinski definition) is 2. The van der Waals surface area contributed by atoms with Crippen LogP contribution in [-0.2, 0) is 4.79 Å². The molecule has 2 nitrogen and oxygen atoms in total. The highest BCUT2D eigenvalue weighted by Crippen LogP contribution is 2.63. The molecule has 0 amide bonds. The number of rotatable bonds is 0. The van der Waals surface area contributed by atoms with E-state index >= 15 is 0 Å². The molecule has 0 unspecified atom stereocenters. The highest BCUT2D eigenvalue weighted by Gasteiger charge is 2.58. The zero-order valence-electron chi connectivity index (χ0n) is 13.4. The van der Waals surface area contributed by atoms with E-state index in [0.717, 1.165) is 50.9 Å². The number of hydrogen-bond donors (Lipinski definition) is 1. The predicted octanol–water partition coefficient (Wildman–Crippen LogP) is 3.88. The van der Waals surface area contributed by atoms with Gasteiger partial charge in [-0.25, -0.2) is 0 Å². The normalized spacial score (nSPS) is 52.7. The number of carbonyl (C=O) groups is 1. The Hall–Kier alpha value is -0.630. The van der Waals surface area contributed by atoms with E-state index in [9.17, 15) is 9.90 Å². The second-order valence-electron chi connectivity index (χ2n) is 8.57. The van der Waals surface area contributed by atoms with Gasteiger partial charge in [0.05, 0.1) is 6.10 Å². The van der Waals surface area contributed by atoms with Crippen LogP contribution in [0.2, 0.25) is 0 Å². The molecule has 0 bridgehead atoms. The lowest BCUT2D eigenvalue weighted by molar-refractivity contribution is -0.132. The van der Waals surface area contributed by atoms with Gasteiger partial charge in [0, 0.05) is 11.8 Å². The molecular weight excluding hydrogens is 260 g/mol. The van der Waals surface area contributed by atoms with Gasteiger partial charge in [-0.3, -0.25) is 4.79 Å². The van der Waals surface area contributed by atoms with Crippen molar-refractivity contribution < 1.29 is 9.90 Å². The molecule has 3 fully saturated rings. The summed E-state index contributed by atoms with van der Waals surface area (Å²) in [5, 5.41) is 10.00. The summed E-state index contributed by atoms with van der Waals surface area (Å²) < 4.78 is 0. The van der Waals surface area contributed by atoms with Crippen LogP contribution in [0.1, 0.15) is 65.2 Å². The van der Waals surface area contributed by atoms with Crippen LogP contribution >= 0.6 is 0 Å². The first-order valence-electron chi connectivity index (χ1n) is 8.86. The fourth-order valence-electron chi connectivity index (χ4n) is 6.41. The third-order valence-corrected chi connectivity index (χ3v) is 7.79. The summed E-state index contributed by atoms with van der Waals surface area (Å²) in [5.74, 6) is 2.60. The Morgan fingerprint density at radius 3 is 2.62 bits per heavy atom. The first-order chi connectivity index (χ1) is 9.95. The third-order valence-electron chi connectivity index (χ3n) is 7.79. The Labute approximate surface area is 128 Å².